The summed E-state index contributed by atoms with van der Waals surface area (Å²) in [5.41, 5.74) is 0.545. The normalized spacial score (nSPS) is 18.3. The van der Waals surface area contributed by atoms with Gasteiger partial charge in [-0.2, -0.15) is 0 Å². The molecule has 1 aliphatic heterocycles. The molecule has 1 fully saturated rings. The molecular weight excluding hydrogens is 268 g/mol. The summed E-state index contributed by atoms with van der Waals surface area (Å²) in [6, 6.07) is 3.55. The molecule has 0 aromatic carbocycles. The zero-order chi connectivity index (χ0) is 15.2. The Kier molecular flexibility index (Phi) is 5.56. The van der Waals surface area contributed by atoms with Gasteiger partial charge in [0.25, 0.3) is 5.91 Å². The fourth-order valence-electron chi connectivity index (χ4n) is 2.48. The average molecular weight is 292 g/mol. The van der Waals surface area contributed by atoms with E-state index in [2.05, 4.69) is 4.98 Å². The van der Waals surface area contributed by atoms with E-state index in [0.717, 1.165) is 32.7 Å². The Bertz CT molecular complexity index is 476. The van der Waals surface area contributed by atoms with Crippen LogP contribution in [0.4, 0.5) is 0 Å². The Morgan fingerprint density at radius 3 is 3.05 bits per heavy atom. The first-order chi connectivity index (χ1) is 10.1. The lowest BCUT2D eigenvalue weighted by atomic mass is 10.1. The highest BCUT2D eigenvalue weighted by atomic mass is 16.5. The van der Waals surface area contributed by atoms with Gasteiger partial charge in [-0.1, -0.05) is 0 Å². The van der Waals surface area contributed by atoms with E-state index in [1.54, 1.807) is 18.3 Å². The molecule has 1 saturated heterocycles. The van der Waals surface area contributed by atoms with Crippen LogP contribution < -0.4 is 4.74 Å². The van der Waals surface area contributed by atoms with Gasteiger partial charge in [-0.3, -0.25) is 4.79 Å². The summed E-state index contributed by atoms with van der Waals surface area (Å²) in [6.07, 6.45) is 2.64. The van der Waals surface area contributed by atoms with Gasteiger partial charge in [0.05, 0.1) is 12.7 Å². The molecule has 0 bridgehead atoms. The monoisotopic (exact) mass is 292 g/mol. The lowest BCUT2D eigenvalue weighted by Crippen LogP contribution is -2.30. The molecule has 5 heteroatoms. The third-order valence-corrected chi connectivity index (χ3v) is 3.48. The second-order valence-electron chi connectivity index (χ2n) is 5.59. The number of hydrogen-bond donors (Lipinski definition) is 0. The third-order valence-electron chi connectivity index (χ3n) is 3.48. The number of carbonyl (C=O) groups excluding carboxylic acids is 1. The molecule has 1 amide bonds. The zero-order valence-electron chi connectivity index (χ0n) is 13.0. The largest absolute Gasteiger partial charge is 0.474 e. The minimum Gasteiger partial charge on any atom is -0.474 e. The highest BCUT2D eigenvalue weighted by Crippen LogP contribution is 2.23. The molecule has 2 heterocycles. The van der Waals surface area contributed by atoms with E-state index in [9.17, 15) is 4.79 Å². The molecule has 0 saturated carbocycles. The highest BCUT2D eigenvalue weighted by molar-refractivity contribution is 5.96. The SMILES string of the molecule is CCOC[C@H]1CCN(C(=O)c2cccnc2OC(C)C)C1. The van der Waals surface area contributed by atoms with Crippen LogP contribution in [0, 0.1) is 5.92 Å². The number of amides is 1. The molecule has 116 valence electrons. The molecule has 0 aliphatic carbocycles. The molecule has 1 atom stereocenters. The Morgan fingerprint density at radius 2 is 2.33 bits per heavy atom. The number of ether oxygens (including phenoxy) is 2. The number of aromatic nitrogens is 1. The van der Waals surface area contributed by atoms with Crippen molar-refractivity contribution in [3.05, 3.63) is 23.9 Å². The predicted molar refractivity (Wildman–Crippen MR) is 80.5 cm³/mol. The van der Waals surface area contributed by atoms with Crippen molar-refractivity contribution in [2.24, 2.45) is 5.92 Å². The van der Waals surface area contributed by atoms with Crippen molar-refractivity contribution in [1.29, 1.82) is 0 Å². The van der Waals surface area contributed by atoms with Crippen LogP contribution in [0.15, 0.2) is 18.3 Å². The lowest BCUT2D eigenvalue weighted by molar-refractivity contribution is 0.0755. The van der Waals surface area contributed by atoms with E-state index in [1.165, 1.54) is 0 Å². The smallest absolute Gasteiger partial charge is 0.259 e. The van der Waals surface area contributed by atoms with E-state index in [0.29, 0.717) is 17.4 Å². The van der Waals surface area contributed by atoms with Crippen LogP contribution in [0.1, 0.15) is 37.6 Å². The summed E-state index contributed by atoms with van der Waals surface area (Å²) in [5, 5.41) is 0. The number of carbonyl (C=O) groups is 1. The van der Waals surface area contributed by atoms with Gasteiger partial charge in [0.15, 0.2) is 0 Å². The molecule has 1 aromatic rings. The van der Waals surface area contributed by atoms with Crippen molar-refractivity contribution in [3.63, 3.8) is 0 Å². The van der Waals surface area contributed by atoms with Gasteiger partial charge in [-0.15, -0.1) is 0 Å². The first-order valence-electron chi connectivity index (χ1n) is 7.60. The summed E-state index contributed by atoms with van der Waals surface area (Å²) >= 11 is 0. The van der Waals surface area contributed by atoms with E-state index in [-0.39, 0.29) is 12.0 Å². The van der Waals surface area contributed by atoms with Gasteiger partial charge >= 0.3 is 0 Å². The second-order valence-corrected chi connectivity index (χ2v) is 5.59. The summed E-state index contributed by atoms with van der Waals surface area (Å²) in [4.78, 5) is 18.7. The van der Waals surface area contributed by atoms with E-state index < -0.39 is 0 Å². The van der Waals surface area contributed by atoms with Crippen LogP contribution in [0.2, 0.25) is 0 Å². The van der Waals surface area contributed by atoms with E-state index in [1.807, 2.05) is 25.7 Å². The summed E-state index contributed by atoms with van der Waals surface area (Å²) in [6.45, 7) is 8.81. The molecule has 0 spiro atoms. The van der Waals surface area contributed by atoms with Crippen LogP contribution in [0.5, 0.6) is 5.88 Å². The van der Waals surface area contributed by atoms with Crippen molar-refractivity contribution >= 4 is 5.91 Å². The predicted octanol–water partition coefficient (Wildman–Crippen LogP) is 2.37. The van der Waals surface area contributed by atoms with Crippen molar-refractivity contribution < 1.29 is 14.3 Å². The number of hydrogen-bond acceptors (Lipinski definition) is 4. The Labute approximate surface area is 126 Å². The maximum atomic E-state index is 12.6. The fourth-order valence-corrected chi connectivity index (χ4v) is 2.48. The van der Waals surface area contributed by atoms with Gasteiger partial charge in [0.2, 0.25) is 5.88 Å². The third kappa shape index (κ3) is 4.17. The Hall–Kier alpha value is -1.62. The van der Waals surface area contributed by atoms with Crippen molar-refractivity contribution in [1.82, 2.24) is 9.88 Å². The summed E-state index contributed by atoms with van der Waals surface area (Å²) < 4.78 is 11.1. The van der Waals surface area contributed by atoms with Crippen molar-refractivity contribution in [3.8, 4) is 5.88 Å². The Balaban J connectivity index is 2.04. The minimum atomic E-state index is -0.00395. The molecule has 0 N–H and O–H groups in total. The van der Waals surface area contributed by atoms with Crippen LogP contribution in [0.3, 0.4) is 0 Å². The molecule has 21 heavy (non-hydrogen) atoms. The summed E-state index contributed by atoms with van der Waals surface area (Å²) in [5.74, 6) is 0.851. The maximum Gasteiger partial charge on any atom is 0.259 e. The van der Waals surface area contributed by atoms with Gasteiger partial charge in [-0.05, 0) is 39.3 Å². The van der Waals surface area contributed by atoms with Gasteiger partial charge in [-0.25, -0.2) is 4.98 Å². The van der Waals surface area contributed by atoms with Crippen molar-refractivity contribution in [2.75, 3.05) is 26.3 Å². The Morgan fingerprint density at radius 1 is 1.52 bits per heavy atom. The highest BCUT2D eigenvalue weighted by Gasteiger charge is 2.29. The molecule has 1 aromatic heterocycles. The van der Waals surface area contributed by atoms with Gasteiger partial charge < -0.3 is 14.4 Å². The first kappa shape index (κ1) is 15.8. The van der Waals surface area contributed by atoms with Crippen LogP contribution in [-0.2, 0) is 4.74 Å². The topological polar surface area (TPSA) is 51.7 Å². The molecule has 0 radical (unpaired) electrons. The van der Waals surface area contributed by atoms with E-state index in [4.69, 9.17) is 9.47 Å². The lowest BCUT2D eigenvalue weighted by Gasteiger charge is -2.19. The number of likely N-dealkylation sites (tertiary alicyclic amines) is 1. The quantitative estimate of drug-likeness (QED) is 0.807. The fraction of sp³-hybridized carbons (Fsp3) is 0.625. The van der Waals surface area contributed by atoms with Crippen molar-refractivity contribution in [2.45, 2.75) is 33.3 Å². The van der Waals surface area contributed by atoms with E-state index >= 15 is 0 Å². The van der Waals surface area contributed by atoms with Gasteiger partial charge in [0.1, 0.15) is 5.56 Å². The standard InChI is InChI=1S/C16H24N2O3/c1-4-20-11-13-7-9-18(10-13)16(19)14-6-5-8-17-15(14)21-12(2)3/h5-6,8,12-13H,4,7,9-11H2,1-3H3/t13-/m0/s1. The first-order valence-corrected chi connectivity index (χ1v) is 7.60. The average Bonchev–Trinajstić information content (AvgIpc) is 2.93. The maximum absolute atomic E-state index is 12.6. The molecule has 0 unspecified atom stereocenters. The van der Waals surface area contributed by atoms with Crippen LogP contribution in [0.25, 0.3) is 0 Å². The number of nitrogens with zero attached hydrogens (tertiary/aromatic N) is 2. The van der Waals surface area contributed by atoms with Gasteiger partial charge in [0, 0.05) is 31.8 Å². The van der Waals surface area contributed by atoms with Crippen LogP contribution >= 0.6 is 0 Å². The zero-order valence-corrected chi connectivity index (χ0v) is 13.0. The molecular formula is C16H24N2O3. The number of rotatable bonds is 6. The molecule has 1 aliphatic rings. The second kappa shape index (κ2) is 7.41. The molecule has 2 rings (SSSR count). The van der Waals surface area contributed by atoms with Crippen LogP contribution in [-0.4, -0.2) is 48.2 Å². The summed E-state index contributed by atoms with van der Waals surface area (Å²) in [7, 11) is 0. The number of pyridine rings is 1. The molecule has 5 nitrogen and oxygen atoms in total. The minimum absolute atomic E-state index is 0.00208.